The number of ether oxygens (including phenoxy) is 3. The van der Waals surface area contributed by atoms with Crippen LogP contribution in [0.2, 0.25) is 0 Å². The number of anilines is 1. The minimum atomic E-state index is -0.879. The van der Waals surface area contributed by atoms with E-state index >= 15 is 0 Å². The highest BCUT2D eigenvalue weighted by Gasteiger charge is 2.54. The van der Waals surface area contributed by atoms with Gasteiger partial charge in [-0.05, 0) is 104 Å². The molecular weight excluding hydrogens is 687 g/mol. The Morgan fingerprint density at radius 1 is 0.643 bits per heavy atom. The second-order valence-electron chi connectivity index (χ2n) is 15.8. The first-order valence-corrected chi connectivity index (χ1v) is 19.7. The Balaban J connectivity index is 1.19. The van der Waals surface area contributed by atoms with Crippen LogP contribution in [-0.4, -0.2) is 33.4 Å². The molecule has 4 nitrogen and oxygen atoms in total. The standard InChI is InChI=1S/C52H39NO3/c1-32-14-22-40-45(30-32)52(43-12-6-8-33-15-16-34-9-7-13-44(52)47(34)46(33)43)49-41-24-25-51(35-10-4-3-5-11-35,36-17-19-37(20-18-36)53-26-28-55-29-27-53)56-50(41)42-31-38(54-2)21-23-39(42)48(40)49/h3-25,30-31H,26-29H2,1-2H3. The van der Waals surface area contributed by atoms with E-state index < -0.39 is 11.0 Å². The monoisotopic (exact) mass is 725 g/mol. The smallest absolute Gasteiger partial charge is 0.178 e. The largest absolute Gasteiger partial charge is 0.497 e. The van der Waals surface area contributed by atoms with Crippen LogP contribution >= 0.6 is 0 Å². The van der Waals surface area contributed by atoms with E-state index in [4.69, 9.17) is 14.2 Å². The molecular formula is C52H39NO3. The highest BCUT2D eigenvalue weighted by atomic mass is 16.5. The summed E-state index contributed by atoms with van der Waals surface area (Å²) in [5.74, 6) is 1.68. The van der Waals surface area contributed by atoms with Crippen LogP contribution in [0.1, 0.15) is 44.5 Å². The number of morpholine rings is 1. The molecule has 4 heteroatoms. The molecule has 12 rings (SSSR count). The molecule has 1 unspecified atom stereocenters. The number of methoxy groups -OCH3 is 1. The molecule has 0 radical (unpaired) electrons. The Bertz CT molecular complexity index is 2910. The van der Waals surface area contributed by atoms with Gasteiger partial charge in [0, 0.05) is 40.9 Å². The minimum absolute atomic E-state index is 0.544. The number of fused-ring (bicyclic) bond motifs is 12. The number of nitrogens with zero attached hydrogens (tertiary/aromatic N) is 1. The lowest BCUT2D eigenvalue weighted by Gasteiger charge is -2.39. The molecule has 4 aliphatic rings. The van der Waals surface area contributed by atoms with Crippen LogP contribution in [0.15, 0.2) is 146 Å². The van der Waals surface area contributed by atoms with Crippen molar-refractivity contribution in [1.82, 2.24) is 0 Å². The summed E-state index contributed by atoms with van der Waals surface area (Å²) in [7, 11) is 1.75. The van der Waals surface area contributed by atoms with Crippen molar-refractivity contribution in [1.29, 1.82) is 0 Å². The highest BCUT2D eigenvalue weighted by molar-refractivity contribution is 6.19. The molecule has 0 aromatic heterocycles. The average Bonchev–Trinajstić information content (AvgIpc) is 3.74. The van der Waals surface area contributed by atoms with Crippen molar-refractivity contribution in [2.45, 2.75) is 17.9 Å². The van der Waals surface area contributed by atoms with Crippen molar-refractivity contribution in [3.8, 4) is 22.6 Å². The number of hydrogen-bond acceptors (Lipinski definition) is 4. The van der Waals surface area contributed by atoms with Crippen LogP contribution in [0.3, 0.4) is 0 Å². The highest BCUT2D eigenvalue weighted by Crippen LogP contribution is 2.66. The summed E-state index contributed by atoms with van der Waals surface area (Å²) in [4.78, 5) is 2.40. The SMILES string of the molecule is COc1ccc2c3c(c4c(c2c1)OC(c1ccccc1)(c1ccc(N2CCOCC2)cc1)C=C4)C1(c2cc(C)ccc2-3)c2cccc3ccc4cccc1c4c23. The fourth-order valence-electron chi connectivity index (χ4n) is 10.6. The molecule has 270 valence electrons. The average molecular weight is 726 g/mol. The lowest BCUT2D eigenvalue weighted by molar-refractivity contribution is 0.122. The summed E-state index contributed by atoms with van der Waals surface area (Å²) in [5, 5.41) is 7.46. The van der Waals surface area contributed by atoms with Crippen molar-refractivity contribution in [2.24, 2.45) is 0 Å². The summed E-state index contributed by atoms with van der Waals surface area (Å²) in [6.07, 6.45) is 4.69. The molecule has 2 aliphatic carbocycles. The first-order chi connectivity index (χ1) is 27.6. The van der Waals surface area contributed by atoms with Gasteiger partial charge in [0.05, 0.1) is 25.7 Å². The molecule has 0 N–H and O–H groups in total. The van der Waals surface area contributed by atoms with E-state index in [1.807, 2.05) is 0 Å². The summed E-state index contributed by atoms with van der Waals surface area (Å²) in [6.45, 7) is 5.50. The van der Waals surface area contributed by atoms with Crippen molar-refractivity contribution >= 4 is 44.1 Å². The van der Waals surface area contributed by atoms with Crippen LogP contribution in [0, 0.1) is 6.92 Å². The van der Waals surface area contributed by atoms with E-state index in [1.54, 1.807) is 7.11 Å². The third-order valence-corrected chi connectivity index (χ3v) is 13.0. The van der Waals surface area contributed by atoms with E-state index in [2.05, 4.69) is 164 Å². The Morgan fingerprint density at radius 3 is 2.07 bits per heavy atom. The first kappa shape index (κ1) is 31.9. The van der Waals surface area contributed by atoms with Gasteiger partial charge in [0.15, 0.2) is 5.60 Å². The maximum absolute atomic E-state index is 7.79. The molecule has 1 fully saturated rings. The number of aryl methyl sites for hydroxylation is 1. The molecule has 8 aromatic rings. The van der Waals surface area contributed by atoms with Gasteiger partial charge in [-0.3, -0.25) is 0 Å². The normalized spacial score (nSPS) is 18.4. The molecule has 0 bridgehead atoms. The van der Waals surface area contributed by atoms with Gasteiger partial charge in [-0.1, -0.05) is 121 Å². The van der Waals surface area contributed by atoms with Crippen LogP contribution in [0.25, 0.3) is 49.5 Å². The molecule has 56 heavy (non-hydrogen) atoms. The van der Waals surface area contributed by atoms with E-state index in [-0.39, 0.29) is 0 Å². The maximum Gasteiger partial charge on any atom is 0.178 e. The third kappa shape index (κ3) is 4.07. The Hall–Kier alpha value is -6.36. The summed E-state index contributed by atoms with van der Waals surface area (Å²) in [5.41, 5.74) is 12.2. The zero-order valence-corrected chi connectivity index (χ0v) is 31.4. The van der Waals surface area contributed by atoms with Crippen molar-refractivity contribution in [3.63, 3.8) is 0 Å². The van der Waals surface area contributed by atoms with E-state index in [1.165, 1.54) is 66.2 Å². The van der Waals surface area contributed by atoms with E-state index in [0.717, 1.165) is 65.3 Å². The van der Waals surface area contributed by atoms with Gasteiger partial charge in [-0.2, -0.15) is 0 Å². The Kier molecular flexibility index (Phi) is 6.60. The van der Waals surface area contributed by atoms with Gasteiger partial charge in [-0.15, -0.1) is 0 Å². The lowest BCUT2D eigenvalue weighted by atomic mass is 9.67. The zero-order chi connectivity index (χ0) is 37.2. The van der Waals surface area contributed by atoms with Crippen molar-refractivity contribution in [2.75, 3.05) is 38.3 Å². The molecule has 0 saturated carbocycles. The van der Waals surface area contributed by atoms with Crippen molar-refractivity contribution in [3.05, 3.63) is 190 Å². The number of hydrogen-bond donors (Lipinski definition) is 0. The van der Waals surface area contributed by atoms with Gasteiger partial charge in [-0.25, -0.2) is 0 Å². The molecule has 0 amide bonds. The Labute approximate surface area is 326 Å². The lowest BCUT2D eigenvalue weighted by Crippen LogP contribution is -2.37. The molecule has 2 aliphatic heterocycles. The van der Waals surface area contributed by atoms with Crippen LogP contribution in [-0.2, 0) is 15.8 Å². The zero-order valence-electron chi connectivity index (χ0n) is 31.4. The third-order valence-electron chi connectivity index (χ3n) is 13.0. The fourth-order valence-corrected chi connectivity index (χ4v) is 10.6. The predicted octanol–water partition coefficient (Wildman–Crippen LogP) is 11.3. The summed E-state index contributed by atoms with van der Waals surface area (Å²) < 4.78 is 19.4. The van der Waals surface area contributed by atoms with Crippen LogP contribution in [0.5, 0.6) is 11.5 Å². The van der Waals surface area contributed by atoms with E-state index in [9.17, 15) is 0 Å². The molecule has 2 heterocycles. The fraction of sp³-hybridized carbons (Fsp3) is 0.154. The second kappa shape index (κ2) is 11.6. The number of rotatable bonds is 4. The van der Waals surface area contributed by atoms with E-state index in [0.29, 0.717) is 0 Å². The number of benzene rings is 8. The Morgan fingerprint density at radius 2 is 1.36 bits per heavy atom. The first-order valence-electron chi connectivity index (χ1n) is 19.7. The van der Waals surface area contributed by atoms with Gasteiger partial charge in [0.25, 0.3) is 0 Å². The molecule has 1 atom stereocenters. The van der Waals surface area contributed by atoms with Gasteiger partial charge < -0.3 is 19.1 Å². The second-order valence-corrected chi connectivity index (χ2v) is 15.8. The quantitative estimate of drug-likeness (QED) is 0.169. The van der Waals surface area contributed by atoms with Gasteiger partial charge in [0.2, 0.25) is 0 Å². The molecule has 1 spiro atoms. The minimum Gasteiger partial charge on any atom is -0.497 e. The molecule has 8 aromatic carbocycles. The van der Waals surface area contributed by atoms with Crippen LogP contribution in [0.4, 0.5) is 5.69 Å². The van der Waals surface area contributed by atoms with Gasteiger partial charge in [0.1, 0.15) is 11.5 Å². The predicted molar refractivity (Wildman–Crippen MR) is 227 cm³/mol. The topological polar surface area (TPSA) is 30.9 Å². The van der Waals surface area contributed by atoms with Crippen LogP contribution < -0.4 is 14.4 Å². The van der Waals surface area contributed by atoms with Gasteiger partial charge >= 0.3 is 0 Å². The molecule has 1 saturated heterocycles. The maximum atomic E-state index is 7.79. The summed E-state index contributed by atoms with van der Waals surface area (Å²) >= 11 is 0. The van der Waals surface area contributed by atoms with Crippen molar-refractivity contribution < 1.29 is 14.2 Å². The summed E-state index contributed by atoms with van der Waals surface area (Å²) in [6, 6.07) is 51.6.